The van der Waals surface area contributed by atoms with Crippen molar-refractivity contribution in [1.82, 2.24) is 15.0 Å². The molecule has 0 aliphatic rings. The molecule has 0 fully saturated rings. The van der Waals surface area contributed by atoms with Crippen LogP contribution in [-0.4, -0.2) is 34.3 Å². The van der Waals surface area contributed by atoms with Gasteiger partial charge in [-0.1, -0.05) is 23.9 Å². The van der Waals surface area contributed by atoms with Gasteiger partial charge in [0.2, 0.25) is 0 Å². The van der Waals surface area contributed by atoms with E-state index in [9.17, 15) is 4.79 Å². The summed E-state index contributed by atoms with van der Waals surface area (Å²) < 4.78 is 5.59. The van der Waals surface area contributed by atoms with Crippen LogP contribution in [0.4, 0.5) is 0 Å². The van der Waals surface area contributed by atoms with Crippen LogP contribution in [0.1, 0.15) is 10.4 Å². The Balaban J connectivity index is 2.40. The average Bonchev–Trinajstić information content (AvgIpc) is 2.82. The topological polar surface area (TPSA) is 67.9 Å². The molecule has 0 aliphatic carbocycles. The first-order chi connectivity index (χ1) is 9.65. The van der Waals surface area contributed by atoms with E-state index in [-0.39, 0.29) is 5.97 Å². The fraction of sp³-hybridized carbons (Fsp3) is 0.154. The lowest BCUT2D eigenvalue weighted by atomic mass is 10.1. The van der Waals surface area contributed by atoms with Crippen molar-refractivity contribution in [3.8, 4) is 0 Å². The molecule has 3 aromatic rings. The third-order valence-corrected chi connectivity index (χ3v) is 4.40. The van der Waals surface area contributed by atoms with Crippen LogP contribution in [0.3, 0.4) is 0 Å². The van der Waals surface area contributed by atoms with Gasteiger partial charge in [0.25, 0.3) is 0 Å². The fourth-order valence-corrected chi connectivity index (χ4v) is 3.23. The third kappa shape index (κ3) is 2.05. The first-order valence-corrected chi connectivity index (χ1v) is 8.05. The monoisotopic (exact) mass is 399 g/mol. The maximum absolute atomic E-state index is 11.9. The van der Waals surface area contributed by atoms with Gasteiger partial charge in [-0.25, -0.2) is 14.8 Å². The second-order valence-electron chi connectivity index (χ2n) is 4.09. The van der Waals surface area contributed by atoms with E-state index in [1.54, 1.807) is 6.20 Å². The fourth-order valence-electron chi connectivity index (χ4n) is 2.11. The average molecular weight is 399 g/mol. The van der Waals surface area contributed by atoms with Crippen LogP contribution in [0.5, 0.6) is 0 Å². The van der Waals surface area contributed by atoms with Crippen molar-refractivity contribution in [2.24, 2.45) is 0 Å². The zero-order valence-corrected chi connectivity index (χ0v) is 13.7. The molecule has 3 rings (SSSR count). The summed E-state index contributed by atoms with van der Waals surface area (Å²) in [4.78, 5) is 23.9. The summed E-state index contributed by atoms with van der Waals surface area (Å²) in [5.41, 5.74) is 2.20. The first-order valence-electron chi connectivity index (χ1n) is 5.75. The zero-order chi connectivity index (χ0) is 14.3. The van der Waals surface area contributed by atoms with Crippen molar-refractivity contribution in [3.63, 3.8) is 0 Å². The molecule has 0 atom stereocenters. The van der Waals surface area contributed by atoms with E-state index in [1.807, 2.05) is 18.4 Å². The number of carbonyl (C=O) groups is 1. The minimum atomic E-state index is -0.348. The molecular weight excluding hydrogens is 389 g/mol. The minimum Gasteiger partial charge on any atom is -0.465 e. The van der Waals surface area contributed by atoms with Crippen LogP contribution in [0.25, 0.3) is 21.8 Å². The van der Waals surface area contributed by atoms with Crippen molar-refractivity contribution >= 4 is 62.1 Å². The van der Waals surface area contributed by atoms with E-state index in [2.05, 4.69) is 37.5 Å². The molecule has 0 bridgehead atoms. The number of methoxy groups -OCH3 is 1. The Morgan fingerprint density at radius 1 is 1.45 bits per heavy atom. The van der Waals surface area contributed by atoms with Gasteiger partial charge in [0.1, 0.15) is 0 Å². The van der Waals surface area contributed by atoms with Crippen molar-refractivity contribution in [2.45, 2.75) is 5.16 Å². The van der Waals surface area contributed by atoms with Gasteiger partial charge in [0.15, 0.2) is 5.16 Å². The molecule has 1 N–H and O–H groups in total. The van der Waals surface area contributed by atoms with Crippen molar-refractivity contribution in [2.75, 3.05) is 13.4 Å². The highest BCUT2D eigenvalue weighted by molar-refractivity contribution is 14.1. The van der Waals surface area contributed by atoms with Crippen molar-refractivity contribution in [1.29, 1.82) is 0 Å². The summed E-state index contributed by atoms with van der Waals surface area (Å²) in [6.45, 7) is 0. The molecule has 0 saturated heterocycles. The molecular formula is C13H10IN3O2S. The number of esters is 1. The summed E-state index contributed by atoms with van der Waals surface area (Å²) in [5, 5.41) is 2.46. The second-order valence-corrected chi connectivity index (χ2v) is 5.94. The van der Waals surface area contributed by atoms with Crippen LogP contribution in [0.15, 0.2) is 23.5 Å². The zero-order valence-electron chi connectivity index (χ0n) is 10.7. The second kappa shape index (κ2) is 5.21. The predicted molar refractivity (Wildman–Crippen MR) is 87.2 cm³/mol. The predicted octanol–water partition coefficient (Wildman–Crippen LogP) is 3.22. The lowest BCUT2D eigenvalue weighted by Gasteiger charge is -2.01. The van der Waals surface area contributed by atoms with E-state index in [0.717, 1.165) is 25.5 Å². The highest BCUT2D eigenvalue weighted by atomic mass is 127. The highest BCUT2D eigenvalue weighted by Gasteiger charge is 2.19. The van der Waals surface area contributed by atoms with Gasteiger partial charge < -0.3 is 9.72 Å². The lowest BCUT2D eigenvalue weighted by molar-refractivity contribution is 0.0602. The number of fused-ring (bicyclic) bond motifs is 3. The van der Waals surface area contributed by atoms with Gasteiger partial charge in [0, 0.05) is 17.0 Å². The Morgan fingerprint density at radius 3 is 2.95 bits per heavy atom. The van der Waals surface area contributed by atoms with Gasteiger partial charge >= 0.3 is 5.97 Å². The van der Waals surface area contributed by atoms with Crippen molar-refractivity contribution < 1.29 is 9.53 Å². The molecule has 1 aromatic carbocycles. The standard InChI is InChI=1S/C13H10IN3O2S/c1-19-12(18)8-7-4-3-6-5-15-13(20-2)17-9(6)10(7)16-11(8)14/h3-5,16H,1-2H3. The molecule has 0 saturated carbocycles. The Hall–Kier alpha value is -1.35. The normalized spacial score (nSPS) is 11.2. The van der Waals surface area contributed by atoms with Crippen LogP contribution in [0, 0.1) is 3.70 Å². The number of benzene rings is 1. The third-order valence-electron chi connectivity index (χ3n) is 3.03. The maximum atomic E-state index is 11.9. The van der Waals surface area contributed by atoms with Crippen LogP contribution in [-0.2, 0) is 4.74 Å². The number of ether oxygens (including phenoxy) is 1. The molecule has 7 heteroatoms. The molecule has 0 spiro atoms. The minimum absolute atomic E-state index is 0.348. The Kier molecular flexibility index (Phi) is 3.55. The Morgan fingerprint density at radius 2 is 2.25 bits per heavy atom. The number of aromatic amines is 1. The summed E-state index contributed by atoms with van der Waals surface area (Å²) in [5.74, 6) is -0.348. The molecule has 0 amide bonds. The van der Waals surface area contributed by atoms with Gasteiger partial charge in [-0.05, 0) is 28.8 Å². The summed E-state index contributed by atoms with van der Waals surface area (Å²) >= 11 is 3.58. The van der Waals surface area contributed by atoms with Crippen molar-refractivity contribution in [3.05, 3.63) is 27.6 Å². The number of carbonyl (C=O) groups excluding carboxylic acids is 1. The smallest absolute Gasteiger partial charge is 0.341 e. The van der Waals surface area contributed by atoms with Crippen LogP contribution >= 0.6 is 34.4 Å². The molecule has 0 unspecified atom stereocenters. The SMILES string of the molecule is COC(=O)c1c(I)[nH]c2c1ccc1cnc(SC)nc12. The number of nitrogens with zero attached hydrogens (tertiary/aromatic N) is 2. The molecule has 2 aromatic heterocycles. The number of rotatable bonds is 2. The Bertz CT molecular complexity index is 831. The van der Waals surface area contributed by atoms with Gasteiger partial charge in [0.05, 0.1) is 27.4 Å². The van der Waals surface area contributed by atoms with Gasteiger partial charge in [-0.3, -0.25) is 0 Å². The molecule has 5 nitrogen and oxygen atoms in total. The van der Waals surface area contributed by atoms with E-state index >= 15 is 0 Å². The van der Waals surface area contributed by atoms with E-state index in [1.165, 1.54) is 18.9 Å². The number of hydrogen-bond acceptors (Lipinski definition) is 5. The largest absolute Gasteiger partial charge is 0.465 e. The highest BCUT2D eigenvalue weighted by Crippen LogP contribution is 2.30. The van der Waals surface area contributed by atoms with Gasteiger partial charge in [-0.2, -0.15) is 0 Å². The summed E-state index contributed by atoms with van der Waals surface area (Å²) in [7, 11) is 1.38. The number of aromatic nitrogens is 3. The molecule has 2 heterocycles. The van der Waals surface area contributed by atoms with E-state index in [4.69, 9.17) is 4.74 Å². The summed E-state index contributed by atoms with van der Waals surface area (Å²) in [6.07, 6.45) is 3.72. The molecule has 0 radical (unpaired) electrons. The number of hydrogen-bond donors (Lipinski definition) is 1. The number of thioether (sulfide) groups is 1. The number of nitrogens with one attached hydrogen (secondary N) is 1. The molecule has 102 valence electrons. The maximum Gasteiger partial charge on any atom is 0.341 e. The number of halogens is 1. The first kappa shape index (κ1) is 13.6. The lowest BCUT2D eigenvalue weighted by Crippen LogP contribution is -2.02. The van der Waals surface area contributed by atoms with Gasteiger partial charge in [-0.15, -0.1) is 0 Å². The summed E-state index contributed by atoms with van der Waals surface area (Å²) in [6, 6.07) is 3.81. The van der Waals surface area contributed by atoms with Crippen LogP contribution in [0.2, 0.25) is 0 Å². The van der Waals surface area contributed by atoms with E-state index in [0.29, 0.717) is 10.7 Å². The molecule has 20 heavy (non-hydrogen) atoms. The number of H-pyrrole nitrogens is 1. The molecule has 0 aliphatic heterocycles. The van der Waals surface area contributed by atoms with Crippen LogP contribution < -0.4 is 0 Å². The quantitative estimate of drug-likeness (QED) is 0.310. The van der Waals surface area contributed by atoms with E-state index < -0.39 is 0 Å². The Labute approximate surface area is 132 Å².